The molecular formula is C14H22ClN3O2. The second kappa shape index (κ2) is 6.14. The number of rotatable bonds is 2. The van der Waals surface area contributed by atoms with Gasteiger partial charge < -0.3 is 15.2 Å². The lowest BCUT2D eigenvalue weighted by Gasteiger charge is -2.25. The minimum Gasteiger partial charge on any atom is -0.359 e. The predicted octanol–water partition coefficient (Wildman–Crippen LogP) is 2.20. The zero-order chi connectivity index (χ0) is 13.4. The molecule has 112 valence electrons. The average molecular weight is 300 g/mol. The van der Waals surface area contributed by atoms with Gasteiger partial charge in [-0.05, 0) is 39.0 Å². The Bertz CT molecular complexity index is 477. The summed E-state index contributed by atoms with van der Waals surface area (Å²) in [5, 5.41) is 3.93. The van der Waals surface area contributed by atoms with E-state index in [0.29, 0.717) is 0 Å². The molecule has 1 amide bonds. The highest BCUT2D eigenvalue weighted by Crippen LogP contribution is 2.36. The quantitative estimate of drug-likeness (QED) is 0.908. The number of nitrogens with zero attached hydrogens (tertiary/aromatic N) is 2. The molecule has 1 saturated heterocycles. The Balaban J connectivity index is 0.00000147. The molecule has 0 bridgehead atoms. The van der Waals surface area contributed by atoms with Crippen molar-refractivity contribution in [2.75, 3.05) is 6.54 Å². The van der Waals surface area contributed by atoms with Crippen LogP contribution in [0, 0.1) is 12.8 Å². The minimum absolute atomic E-state index is 0. The van der Waals surface area contributed by atoms with Crippen LogP contribution in [-0.2, 0) is 4.79 Å². The summed E-state index contributed by atoms with van der Waals surface area (Å²) in [6.45, 7) is 2.74. The van der Waals surface area contributed by atoms with E-state index in [1.165, 1.54) is 0 Å². The third-order valence-electron chi connectivity index (χ3n) is 4.33. The minimum atomic E-state index is 0. The molecule has 2 N–H and O–H groups in total. The predicted molar refractivity (Wildman–Crippen MR) is 77.5 cm³/mol. The number of likely N-dealkylation sites (tertiary alicyclic amines) is 1. The number of amides is 1. The van der Waals surface area contributed by atoms with Gasteiger partial charge in [-0.3, -0.25) is 4.79 Å². The van der Waals surface area contributed by atoms with Crippen molar-refractivity contribution in [1.29, 1.82) is 0 Å². The maximum atomic E-state index is 12.6. The highest BCUT2D eigenvalue weighted by Gasteiger charge is 2.38. The molecule has 20 heavy (non-hydrogen) atoms. The van der Waals surface area contributed by atoms with E-state index in [1.54, 1.807) is 0 Å². The van der Waals surface area contributed by atoms with Gasteiger partial charge in [-0.25, -0.2) is 0 Å². The molecule has 2 aliphatic rings. The van der Waals surface area contributed by atoms with E-state index in [1.807, 2.05) is 17.9 Å². The number of carbonyl (C=O) groups excluding carboxylic acids is 1. The van der Waals surface area contributed by atoms with Crippen LogP contribution in [0.2, 0.25) is 0 Å². The van der Waals surface area contributed by atoms with Gasteiger partial charge in [0.1, 0.15) is 0 Å². The first kappa shape index (κ1) is 15.3. The van der Waals surface area contributed by atoms with E-state index < -0.39 is 0 Å². The molecule has 1 aromatic heterocycles. The Hall–Kier alpha value is -1.07. The summed E-state index contributed by atoms with van der Waals surface area (Å²) in [4.78, 5) is 14.6. The summed E-state index contributed by atoms with van der Waals surface area (Å²) < 4.78 is 5.34. The lowest BCUT2D eigenvalue weighted by molar-refractivity contribution is -0.136. The number of nitrogens with two attached hydrogens (primary N) is 1. The fourth-order valence-electron chi connectivity index (χ4n) is 3.34. The van der Waals surface area contributed by atoms with E-state index in [4.69, 9.17) is 10.3 Å². The Kier molecular flexibility index (Phi) is 4.70. The monoisotopic (exact) mass is 299 g/mol. The van der Waals surface area contributed by atoms with Crippen LogP contribution >= 0.6 is 12.4 Å². The van der Waals surface area contributed by atoms with Gasteiger partial charge in [-0.1, -0.05) is 5.16 Å². The first-order valence-electron chi connectivity index (χ1n) is 7.14. The zero-order valence-electron chi connectivity index (χ0n) is 11.7. The molecule has 5 nitrogen and oxygen atoms in total. The highest BCUT2D eigenvalue weighted by molar-refractivity contribution is 5.85. The summed E-state index contributed by atoms with van der Waals surface area (Å²) in [5.74, 6) is 1.19. The van der Waals surface area contributed by atoms with Crippen molar-refractivity contribution in [2.24, 2.45) is 11.7 Å². The van der Waals surface area contributed by atoms with E-state index >= 15 is 0 Å². The van der Waals surface area contributed by atoms with E-state index in [9.17, 15) is 4.79 Å². The molecule has 3 rings (SSSR count). The van der Waals surface area contributed by atoms with Gasteiger partial charge in [0.15, 0.2) is 5.76 Å². The Morgan fingerprint density at radius 3 is 2.85 bits per heavy atom. The summed E-state index contributed by atoms with van der Waals surface area (Å²) in [6.07, 6.45) is 4.74. The van der Waals surface area contributed by atoms with Crippen LogP contribution in [0.25, 0.3) is 0 Å². The van der Waals surface area contributed by atoms with Crippen molar-refractivity contribution in [1.82, 2.24) is 10.1 Å². The number of hydrogen-bond donors (Lipinski definition) is 1. The van der Waals surface area contributed by atoms with Crippen LogP contribution in [0.3, 0.4) is 0 Å². The van der Waals surface area contributed by atoms with Crippen LogP contribution in [0.5, 0.6) is 0 Å². The zero-order valence-corrected chi connectivity index (χ0v) is 12.6. The molecule has 1 aliphatic heterocycles. The second-order valence-electron chi connectivity index (χ2n) is 5.83. The van der Waals surface area contributed by atoms with Crippen LogP contribution in [0.4, 0.5) is 0 Å². The molecule has 2 fully saturated rings. The van der Waals surface area contributed by atoms with Gasteiger partial charge >= 0.3 is 0 Å². The van der Waals surface area contributed by atoms with Crippen molar-refractivity contribution in [3.8, 4) is 0 Å². The summed E-state index contributed by atoms with van der Waals surface area (Å²) in [6, 6.07) is 2.21. The standard InChI is InChI=1S/C14H21N3O2.ClH/c1-9-7-13(19-16-9)12-3-2-6-17(12)14(18)10-4-5-11(15)8-10;/h7,10-12H,2-6,8,15H2,1H3;1H. The summed E-state index contributed by atoms with van der Waals surface area (Å²) in [5.41, 5.74) is 6.78. The summed E-state index contributed by atoms with van der Waals surface area (Å²) >= 11 is 0. The Labute approximate surface area is 125 Å². The van der Waals surface area contributed by atoms with Crippen molar-refractivity contribution in [2.45, 2.75) is 51.1 Å². The van der Waals surface area contributed by atoms with Gasteiger partial charge in [-0.2, -0.15) is 0 Å². The van der Waals surface area contributed by atoms with Gasteiger partial charge in [0.05, 0.1) is 11.7 Å². The Morgan fingerprint density at radius 1 is 1.45 bits per heavy atom. The third kappa shape index (κ3) is 2.83. The molecule has 1 aromatic rings. The number of hydrogen-bond acceptors (Lipinski definition) is 4. The van der Waals surface area contributed by atoms with Gasteiger partial charge in [0.25, 0.3) is 0 Å². The van der Waals surface area contributed by atoms with Crippen molar-refractivity contribution in [3.63, 3.8) is 0 Å². The van der Waals surface area contributed by atoms with Gasteiger partial charge in [0, 0.05) is 24.6 Å². The van der Waals surface area contributed by atoms with Crippen LogP contribution in [0.15, 0.2) is 10.6 Å². The normalized spacial score (nSPS) is 29.5. The fraction of sp³-hybridized carbons (Fsp3) is 0.714. The molecule has 3 atom stereocenters. The fourth-order valence-corrected chi connectivity index (χ4v) is 3.34. The SMILES string of the molecule is Cc1cc(C2CCCN2C(=O)C2CCC(N)C2)on1.Cl. The Morgan fingerprint density at radius 2 is 2.25 bits per heavy atom. The molecular weight excluding hydrogens is 278 g/mol. The number of aromatic nitrogens is 1. The molecule has 1 aliphatic carbocycles. The van der Waals surface area contributed by atoms with Gasteiger partial charge in [0.2, 0.25) is 5.91 Å². The highest BCUT2D eigenvalue weighted by atomic mass is 35.5. The van der Waals surface area contributed by atoms with E-state index in [2.05, 4.69) is 5.16 Å². The van der Waals surface area contributed by atoms with Crippen molar-refractivity contribution < 1.29 is 9.32 Å². The maximum Gasteiger partial charge on any atom is 0.226 e. The topological polar surface area (TPSA) is 72.4 Å². The molecule has 1 saturated carbocycles. The van der Waals surface area contributed by atoms with E-state index in [0.717, 1.165) is 50.1 Å². The average Bonchev–Trinajstić information content (AvgIpc) is 3.07. The van der Waals surface area contributed by atoms with Gasteiger partial charge in [-0.15, -0.1) is 12.4 Å². The number of halogens is 1. The van der Waals surface area contributed by atoms with Crippen LogP contribution in [-0.4, -0.2) is 28.6 Å². The third-order valence-corrected chi connectivity index (χ3v) is 4.33. The smallest absolute Gasteiger partial charge is 0.226 e. The summed E-state index contributed by atoms with van der Waals surface area (Å²) in [7, 11) is 0. The number of carbonyl (C=O) groups is 1. The largest absolute Gasteiger partial charge is 0.359 e. The molecule has 0 aromatic carbocycles. The van der Waals surface area contributed by atoms with E-state index in [-0.39, 0.29) is 36.3 Å². The van der Waals surface area contributed by atoms with Crippen molar-refractivity contribution >= 4 is 18.3 Å². The van der Waals surface area contributed by atoms with Crippen LogP contribution < -0.4 is 5.73 Å². The van der Waals surface area contributed by atoms with Crippen LogP contribution in [0.1, 0.15) is 49.6 Å². The first-order chi connectivity index (χ1) is 9.15. The lowest BCUT2D eigenvalue weighted by atomic mass is 10.0. The molecule has 6 heteroatoms. The van der Waals surface area contributed by atoms with Crippen molar-refractivity contribution in [3.05, 3.63) is 17.5 Å². The lowest BCUT2D eigenvalue weighted by Crippen LogP contribution is -2.35. The first-order valence-corrected chi connectivity index (χ1v) is 7.14. The second-order valence-corrected chi connectivity index (χ2v) is 5.83. The molecule has 0 radical (unpaired) electrons. The molecule has 3 unspecified atom stereocenters. The number of aryl methyl sites for hydroxylation is 1. The molecule has 0 spiro atoms. The molecule has 2 heterocycles. The maximum absolute atomic E-state index is 12.6.